The van der Waals surface area contributed by atoms with Crippen molar-refractivity contribution >= 4 is 77.0 Å². The molecule has 10 amide bonds. The van der Waals surface area contributed by atoms with Crippen LogP contribution in [0.25, 0.3) is 11.1 Å². The fraction of sp³-hybridized carbons (Fsp3) is 0.473. The maximum atomic E-state index is 15.4. The number of hydroxylamine groups is 2. The molecule has 0 radical (unpaired) electrons. The Bertz CT molecular complexity index is 2930. The van der Waals surface area contributed by atoms with Crippen molar-refractivity contribution in [2.24, 2.45) is 11.1 Å². The van der Waals surface area contributed by atoms with Gasteiger partial charge in [0, 0.05) is 81.2 Å². The van der Waals surface area contributed by atoms with E-state index < -0.39 is 182 Å². The Morgan fingerprint density at radius 1 is 0.726 bits per heavy atom. The summed E-state index contributed by atoms with van der Waals surface area (Å²) in [6.45, 7) is 5.77. The van der Waals surface area contributed by atoms with Crippen LogP contribution in [0.4, 0.5) is 8.78 Å². The van der Waals surface area contributed by atoms with Gasteiger partial charge in [0.05, 0.1) is 12.5 Å². The summed E-state index contributed by atoms with van der Waals surface area (Å²) in [5, 5.41) is 43.4. The highest BCUT2D eigenvalue weighted by Gasteiger charge is 2.39. The third kappa shape index (κ3) is 20.7. The highest BCUT2D eigenvalue weighted by molar-refractivity contribution is 6.02. The predicted molar refractivity (Wildman–Crippen MR) is 289 cm³/mol. The molecule has 2 heterocycles. The molecule has 0 aliphatic carbocycles. The van der Waals surface area contributed by atoms with E-state index in [1.165, 1.54) is 18.7 Å². The summed E-state index contributed by atoms with van der Waals surface area (Å²) in [6.07, 6.45) is -2.49. The van der Waals surface area contributed by atoms with Crippen LogP contribution in [0.15, 0.2) is 60.8 Å². The van der Waals surface area contributed by atoms with Crippen LogP contribution in [-0.2, 0) is 73.7 Å². The van der Waals surface area contributed by atoms with Crippen molar-refractivity contribution in [2.75, 3.05) is 19.7 Å². The SMILES string of the molecule is C[C@@H](NC(=O)CCCC(=O)ON1C(=O)CCC1=O)C(=O)N[C@H](C)C(=O)N[C@@H](CC(N)=O)C(=O)N[C@@H](CCN(C(=O)CO)[C@@H](c1cc(-c2cc(F)ccc2F)cn1Cc1ccccc1)C(C)(C)C)C(=O)NCCC(=O)N[C@@H](CCC(=O)O)C(=O)O. The number of primary amides is 1. The van der Waals surface area contributed by atoms with Gasteiger partial charge in [-0.2, -0.15) is 0 Å². The fourth-order valence-electron chi connectivity index (χ4n) is 8.81. The number of aliphatic carboxylic acids is 2. The molecule has 0 unspecified atom stereocenters. The standard InChI is InChI=1S/C55H70F2N10O17/c1-30(60-42(70)12-9-13-48(77)84-67-44(72)17-18-45(67)73)50(78)61-31(2)51(79)64-39(26-41(58)69)53(81)63-37(52(80)59-22-20-43(71)62-38(54(82)83)16-19-47(75)76)21-23-66(46(74)29-68)49(55(3,4)5)40-24-33(35-25-34(56)14-15-36(35)57)28-65(40)27-32-10-7-6-8-11-32/h6-8,10-11,14-15,24-25,28,30-31,37-39,49,68H,9,12-13,16-23,26-27,29H2,1-5H3,(H2,58,69)(H,59,80)(H,60,70)(H,61,78)(H,62,71)(H,63,81)(H,64,79)(H,75,76)(H,82,83)/t30-,31-,37+,38+,39+,49+/m1/s1. The number of halogens is 2. The van der Waals surface area contributed by atoms with Gasteiger partial charge in [0.15, 0.2) is 0 Å². The number of carbonyl (C=O) groups excluding carboxylic acids is 11. The largest absolute Gasteiger partial charge is 0.481 e. The van der Waals surface area contributed by atoms with E-state index in [2.05, 4.69) is 31.9 Å². The quantitative estimate of drug-likeness (QED) is 0.0377. The topological polar surface area (TPSA) is 401 Å². The van der Waals surface area contributed by atoms with Crippen LogP contribution >= 0.6 is 0 Å². The highest BCUT2D eigenvalue weighted by atomic mass is 19.1. The van der Waals surface area contributed by atoms with Gasteiger partial charge in [-0.1, -0.05) is 51.1 Å². The van der Waals surface area contributed by atoms with Crippen molar-refractivity contribution in [3.05, 3.63) is 83.7 Å². The van der Waals surface area contributed by atoms with Gasteiger partial charge in [-0.25, -0.2) is 18.4 Å². The van der Waals surface area contributed by atoms with E-state index in [9.17, 15) is 76.9 Å². The van der Waals surface area contributed by atoms with E-state index in [-0.39, 0.29) is 49.8 Å². The van der Waals surface area contributed by atoms with Crippen molar-refractivity contribution in [2.45, 2.75) is 142 Å². The van der Waals surface area contributed by atoms with E-state index in [4.69, 9.17) is 15.7 Å². The number of carboxylic acids is 2. The molecule has 0 spiro atoms. The van der Waals surface area contributed by atoms with E-state index in [0.717, 1.165) is 23.8 Å². The number of aromatic nitrogens is 1. The second-order valence-electron chi connectivity index (χ2n) is 20.8. The molecule has 1 aliphatic rings. The molecule has 3 aromatic rings. The number of aliphatic hydroxyl groups excluding tert-OH is 1. The summed E-state index contributed by atoms with van der Waals surface area (Å²) in [6, 6.07) is 4.41. The lowest BCUT2D eigenvalue weighted by molar-refractivity contribution is -0.197. The smallest absolute Gasteiger partial charge is 0.333 e. The number of amides is 10. The van der Waals surface area contributed by atoms with Crippen molar-refractivity contribution in [1.82, 2.24) is 46.4 Å². The van der Waals surface area contributed by atoms with Crippen molar-refractivity contribution in [3.63, 3.8) is 0 Å². The number of hydrogen-bond acceptors (Lipinski definition) is 15. The first-order chi connectivity index (χ1) is 39.5. The minimum Gasteiger partial charge on any atom is -0.481 e. The second kappa shape index (κ2) is 31.3. The zero-order valence-corrected chi connectivity index (χ0v) is 46.9. The lowest BCUT2D eigenvalue weighted by atomic mass is 9.82. The molecule has 2 aromatic carbocycles. The monoisotopic (exact) mass is 1180 g/mol. The Kier molecular flexibility index (Phi) is 25.1. The summed E-state index contributed by atoms with van der Waals surface area (Å²) in [4.78, 5) is 171. The molecule has 27 nitrogen and oxygen atoms in total. The number of nitrogens with two attached hydrogens (primary N) is 1. The number of aliphatic hydroxyl groups is 1. The third-order valence-corrected chi connectivity index (χ3v) is 13.0. The molecule has 1 fully saturated rings. The second-order valence-corrected chi connectivity index (χ2v) is 20.8. The van der Waals surface area contributed by atoms with Crippen molar-refractivity contribution < 1.29 is 91.3 Å². The first-order valence-corrected chi connectivity index (χ1v) is 26.7. The first-order valence-electron chi connectivity index (χ1n) is 26.7. The molecule has 1 aliphatic heterocycles. The van der Waals surface area contributed by atoms with E-state index >= 15 is 4.39 Å². The Balaban J connectivity index is 1.59. The van der Waals surface area contributed by atoms with Crippen LogP contribution < -0.4 is 37.6 Å². The lowest BCUT2D eigenvalue weighted by Gasteiger charge is -2.41. The maximum Gasteiger partial charge on any atom is 0.333 e. The molecular weight excluding hydrogens is 1110 g/mol. The number of benzene rings is 2. The average molecular weight is 1180 g/mol. The van der Waals surface area contributed by atoms with Crippen LogP contribution in [0.3, 0.4) is 0 Å². The van der Waals surface area contributed by atoms with Gasteiger partial charge in [-0.3, -0.25) is 52.7 Å². The fourth-order valence-corrected chi connectivity index (χ4v) is 8.81. The molecule has 1 saturated heterocycles. The number of imide groups is 1. The molecule has 29 heteroatoms. The minimum atomic E-state index is -1.86. The highest BCUT2D eigenvalue weighted by Crippen LogP contribution is 2.41. The number of hydrogen-bond donors (Lipinski definition) is 10. The number of carbonyl (C=O) groups is 13. The van der Waals surface area contributed by atoms with Crippen LogP contribution in [0.5, 0.6) is 0 Å². The molecule has 84 heavy (non-hydrogen) atoms. The van der Waals surface area contributed by atoms with E-state index in [1.54, 1.807) is 55.8 Å². The summed E-state index contributed by atoms with van der Waals surface area (Å²) >= 11 is 0. The zero-order chi connectivity index (χ0) is 62.6. The van der Waals surface area contributed by atoms with Gasteiger partial charge in [0.25, 0.3) is 11.8 Å². The van der Waals surface area contributed by atoms with E-state index in [0.29, 0.717) is 10.8 Å². The summed E-state index contributed by atoms with van der Waals surface area (Å²) in [5.41, 5.74) is 5.75. The normalized spacial score (nSPS) is 14.4. The Morgan fingerprint density at radius 2 is 1.35 bits per heavy atom. The van der Waals surface area contributed by atoms with Gasteiger partial charge >= 0.3 is 17.9 Å². The Labute approximate surface area is 480 Å². The molecule has 6 atom stereocenters. The van der Waals surface area contributed by atoms with Crippen LogP contribution in [-0.4, -0.2) is 157 Å². The summed E-state index contributed by atoms with van der Waals surface area (Å²) in [7, 11) is 0. The van der Waals surface area contributed by atoms with Crippen LogP contribution in [0.2, 0.25) is 0 Å². The van der Waals surface area contributed by atoms with Gasteiger partial charge in [-0.15, -0.1) is 5.06 Å². The van der Waals surface area contributed by atoms with E-state index in [1.807, 2.05) is 12.1 Å². The van der Waals surface area contributed by atoms with Gasteiger partial charge in [0.1, 0.15) is 48.5 Å². The number of rotatable bonds is 32. The number of nitrogens with zero attached hydrogens (tertiary/aromatic N) is 3. The van der Waals surface area contributed by atoms with Crippen LogP contribution in [0, 0.1) is 17.0 Å². The predicted octanol–water partition coefficient (Wildman–Crippen LogP) is 0.352. The molecule has 4 rings (SSSR count). The molecular formula is C55H70F2N10O17. The van der Waals surface area contributed by atoms with Gasteiger partial charge in [0.2, 0.25) is 47.3 Å². The Morgan fingerprint density at radius 3 is 1.95 bits per heavy atom. The molecule has 0 bridgehead atoms. The summed E-state index contributed by atoms with van der Waals surface area (Å²) < 4.78 is 31.8. The lowest BCUT2D eigenvalue weighted by Crippen LogP contribution is -2.58. The van der Waals surface area contributed by atoms with Crippen molar-refractivity contribution in [3.8, 4) is 11.1 Å². The Hall–Kier alpha value is -9.15. The average Bonchev–Trinajstić information content (AvgIpc) is 2.02. The first kappa shape index (κ1) is 67.4. The number of nitrogens with one attached hydrogen (secondary N) is 6. The summed E-state index contributed by atoms with van der Waals surface area (Å²) in [5.74, 6) is -14.6. The zero-order valence-electron chi connectivity index (χ0n) is 46.9. The number of carboxylic acid groups (broad SMARTS) is 2. The molecule has 0 saturated carbocycles. The van der Waals surface area contributed by atoms with Gasteiger partial charge < -0.3 is 67.3 Å². The van der Waals surface area contributed by atoms with Crippen molar-refractivity contribution in [1.29, 1.82) is 0 Å². The molecule has 1 aromatic heterocycles. The van der Waals surface area contributed by atoms with Crippen LogP contribution in [0.1, 0.15) is 116 Å². The minimum absolute atomic E-state index is 0.104. The maximum absolute atomic E-state index is 15.4. The van der Waals surface area contributed by atoms with Gasteiger partial charge in [-0.05, 0) is 68.4 Å². The third-order valence-electron chi connectivity index (χ3n) is 13.0. The molecule has 456 valence electrons. The molecule has 11 N–H and O–H groups in total.